The molecule has 8 nitrogen and oxygen atoms in total. The second-order valence-electron chi connectivity index (χ2n) is 10.9. The molecule has 0 spiro atoms. The zero-order valence-electron chi connectivity index (χ0n) is 21.7. The van der Waals surface area contributed by atoms with E-state index in [0.29, 0.717) is 31.7 Å². The van der Waals surface area contributed by atoms with Crippen molar-refractivity contribution >= 4 is 16.3 Å². The summed E-state index contributed by atoms with van der Waals surface area (Å²) in [4.78, 5) is 14.2. The molecule has 2 atom stereocenters. The highest BCUT2D eigenvalue weighted by atomic mass is 32.2. The maximum atomic E-state index is 14.3. The third-order valence-corrected chi connectivity index (χ3v) is 9.58. The minimum atomic E-state index is -3.67. The number of nitrogens with zero attached hydrogens (tertiary/aromatic N) is 2. The lowest BCUT2D eigenvalue weighted by atomic mass is 9.82. The molecule has 1 N–H and O–H groups in total. The summed E-state index contributed by atoms with van der Waals surface area (Å²) in [6, 6.07) is 6.34. The molecule has 37 heavy (non-hydrogen) atoms. The van der Waals surface area contributed by atoms with E-state index in [-0.39, 0.29) is 37.6 Å². The molecule has 3 fully saturated rings. The van der Waals surface area contributed by atoms with Crippen molar-refractivity contribution in [2.75, 3.05) is 40.4 Å². The third kappa shape index (κ3) is 7.40. The van der Waals surface area contributed by atoms with Crippen molar-refractivity contribution < 1.29 is 31.5 Å². The minimum absolute atomic E-state index is 0.0169. The molecule has 0 radical (unpaired) electrons. The van der Waals surface area contributed by atoms with E-state index >= 15 is 0 Å². The minimum Gasteiger partial charge on any atom is -0.446 e. The molecule has 1 aliphatic heterocycles. The van der Waals surface area contributed by atoms with Gasteiger partial charge in [0.15, 0.2) is 0 Å². The Balaban J connectivity index is 1.33. The summed E-state index contributed by atoms with van der Waals surface area (Å²) in [5, 5.41) is 0. The quantitative estimate of drug-likeness (QED) is 0.509. The van der Waals surface area contributed by atoms with Gasteiger partial charge in [-0.25, -0.2) is 13.6 Å². The zero-order chi connectivity index (χ0) is 26.6. The second-order valence-corrected chi connectivity index (χ2v) is 12.8. The van der Waals surface area contributed by atoms with E-state index in [0.717, 1.165) is 42.0 Å². The number of halogens is 2. The number of nitrogens with one attached hydrogen (secondary N) is 1. The van der Waals surface area contributed by atoms with Crippen molar-refractivity contribution in [1.82, 2.24) is 13.9 Å². The number of piperidine rings is 1. The second kappa shape index (κ2) is 11.9. The Hall–Kier alpha value is -1.82. The van der Waals surface area contributed by atoms with E-state index in [1.165, 1.54) is 25.1 Å². The molecular formula is C26H39F2N3O5S. The van der Waals surface area contributed by atoms with Crippen LogP contribution in [0.2, 0.25) is 0 Å². The van der Waals surface area contributed by atoms with Crippen LogP contribution < -0.4 is 4.72 Å². The van der Waals surface area contributed by atoms with Crippen LogP contribution in [0.4, 0.5) is 13.6 Å². The molecule has 0 bridgehead atoms. The SMILES string of the molecule is CN(C)S(=O)(=O)NC1CCN(C(=O)OCC2(F)CCC2)C[C@H]1COC1CCC(c2cccc(F)c2)CC1. The molecule has 1 amide bonds. The topological polar surface area (TPSA) is 88.2 Å². The van der Waals surface area contributed by atoms with Gasteiger partial charge in [0.05, 0.1) is 12.7 Å². The van der Waals surface area contributed by atoms with Crippen molar-refractivity contribution in [3.05, 3.63) is 35.6 Å². The van der Waals surface area contributed by atoms with Crippen LogP contribution in [0, 0.1) is 11.7 Å². The van der Waals surface area contributed by atoms with E-state index in [4.69, 9.17) is 9.47 Å². The average Bonchev–Trinajstić information content (AvgIpc) is 2.85. The number of hydrogen-bond acceptors (Lipinski definition) is 5. The highest BCUT2D eigenvalue weighted by Gasteiger charge is 2.40. The van der Waals surface area contributed by atoms with Crippen LogP contribution in [-0.2, 0) is 19.7 Å². The van der Waals surface area contributed by atoms with E-state index in [1.807, 2.05) is 6.07 Å². The van der Waals surface area contributed by atoms with E-state index in [2.05, 4.69) is 4.72 Å². The summed E-state index contributed by atoms with van der Waals surface area (Å²) in [5.74, 6) is -0.207. The van der Waals surface area contributed by atoms with Crippen LogP contribution in [0.5, 0.6) is 0 Å². The van der Waals surface area contributed by atoms with Crippen LogP contribution in [0.15, 0.2) is 24.3 Å². The summed E-state index contributed by atoms with van der Waals surface area (Å²) in [6.45, 7) is 0.618. The van der Waals surface area contributed by atoms with Crippen molar-refractivity contribution in [2.45, 2.75) is 75.1 Å². The molecule has 1 saturated heterocycles. The number of hydrogen-bond donors (Lipinski definition) is 1. The van der Waals surface area contributed by atoms with Crippen LogP contribution in [-0.4, -0.2) is 81.9 Å². The molecule has 1 unspecified atom stereocenters. The van der Waals surface area contributed by atoms with Crippen LogP contribution in [0.3, 0.4) is 0 Å². The first-order valence-electron chi connectivity index (χ1n) is 13.2. The molecule has 208 valence electrons. The largest absolute Gasteiger partial charge is 0.446 e. The number of alkyl halides is 1. The fraction of sp³-hybridized carbons (Fsp3) is 0.731. The molecular weight excluding hydrogens is 504 g/mol. The number of amides is 1. The van der Waals surface area contributed by atoms with Crippen molar-refractivity contribution in [1.29, 1.82) is 0 Å². The van der Waals surface area contributed by atoms with Gasteiger partial charge in [0, 0.05) is 39.1 Å². The number of carbonyl (C=O) groups is 1. The summed E-state index contributed by atoms with van der Waals surface area (Å²) in [5.41, 5.74) is -0.405. The summed E-state index contributed by atoms with van der Waals surface area (Å²) < 4.78 is 68.3. The number of carbonyl (C=O) groups excluding carboxylic acids is 1. The van der Waals surface area contributed by atoms with Crippen molar-refractivity contribution in [3.8, 4) is 0 Å². The van der Waals surface area contributed by atoms with Gasteiger partial charge in [-0.15, -0.1) is 0 Å². The first-order valence-corrected chi connectivity index (χ1v) is 14.7. The van der Waals surface area contributed by atoms with Crippen molar-refractivity contribution in [3.63, 3.8) is 0 Å². The lowest BCUT2D eigenvalue weighted by molar-refractivity contribution is -0.0323. The average molecular weight is 544 g/mol. The molecule has 11 heteroatoms. The predicted molar refractivity (Wildman–Crippen MR) is 136 cm³/mol. The van der Waals surface area contributed by atoms with E-state index in [1.54, 1.807) is 12.1 Å². The summed E-state index contributed by atoms with van der Waals surface area (Å²) in [7, 11) is -0.740. The fourth-order valence-electron chi connectivity index (χ4n) is 5.39. The van der Waals surface area contributed by atoms with E-state index in [9.17, 15) is 22.0 Å². The van der Waals surface area contributed by atoms with Gasteiger partial charge in [-0.05, 0) is 75.0 Å². The highest BCUT2D eigenvalue weighted by molar-refractivity contribution is 7.87. The van der Waals surface area contributed by atoms with Gasteiger partial charge in [0.25, 0.3) is 10.2 Å². The fourth-order valence-corrected chi connectivity index (χ4v) is 6.29. The Morgan fingerprint density at radius 2 is 1.92 bits per heavy atom. The van der Waals surface area contributed by atoms with Gasteiger partial charge in [-0.1, -0.05) is 12.1 Å². The normalized spacial score (nSPS) is 28.1. The molecule has 2 aliphatic carbocycles. The molecule has 2 saturated carbocycles. The van der Waals surface area contributed by atoms with Gasteiger partial charge in [-0.3, -0.25) is 0 Å². The molecule has 3 aliphatic rings. The molecule has 1 heterocycles. The lowest BCUT2D eigenvalue weighted by Gasteiger charge is -2.40. The Morgan fingerprint density at radius 3 is 2.54 bits per heavy atom. The van der Waals surface area contributed by atoms with Crippen LogP contribution in [0.1, 0.15) is 62.8 Å². The maximum Gasteiger partial charge on any atom is 0.409 e. The molecule has 0 aromatic heterocycles. The number of likely N-dealkylation sites (tertiary alicyclic amines) is 1. The summed E-state index contributed by atoms with van der Waals surface area (Å²) in [6.07, 6.45) is 4.90. The van der Waals surface area contributed by atoms with Crippen molar-refractivity contribution in [2.24, 2.45) is 5.92 Å². The van der Waals surface area contributed by atoms with E-state index < -0.39 is 28.0 Å². The van der Waals surface area contributed by atoms with Gasteiger partial charge >= 0.3 is 6.09 Å². The predicted octanol–water partition coefficient (Wildman–Crippen LogP) is 3.98. The zero-order valence-corrected chi connectivity index (χ0v) is 22.5. The first kappa shape index (κ1) is 28.2. The Morgan fingerprint density at radius 1 is 1.19 bits per heavy atom. The van der Waals surface area contributed by atoms with Crippen LogP contribution in [0.25, 0.3) is 0 Å². The maximum absolute atomic E-state index is 14.3. The number of benzene rings is 1. The monoisotopic (exact) mass is 543 g/mol. The van der Waals surface area contributed by atoms with Gasteiger partial charge in [0.2, 0.25) is 0 Å². The third-order valence-electron chi connectivity index (χ3n) is 8.02. The Labute approximate surface area is 218 Å². The molecule has 1 aromatic rings. The Kier molecular flexibility index (Phi) is 9.09. The van der Waals surface area contributed by atoms with Gasteiger partial charge < -0.3 is 14.4 Å². The molecule has 4 rings (SSSR count). The van der Waals surface area contributed by atoms with Gasteiger partial charge in [-0.2, -0.15) is 17.4 Å². The Bertz CT molecular complexity index is 1030. The highest BCUT2D eigenvalue weighted by Crippen LogP contribution is 2.36. The number of rotatable bonds is 9. The van der Waals surface area contributed by atoms with Gasteiger partial charge in [0.1, 0.15) is 18.1 Å². The lowest BCUT2D eigenvalue weighted by Crippen LogP contribution is -2.55. The number of ether oxygens (including phenoxy) is 2. The first-order chi connectivity index (χ1) is 17.5. The standard InChI is InChI=1S/C26H39F2N3O5S/c1-30(2)37(33,34)29-24-11-14-31(25(32)36-18-26(28)12-4-13-26)16-21(24)17-35-23-9-7-19(8-10-23)20-5-3-6-22(27)15-20/h3,5-6,15,19,21,23-24,29H,4,7-14,16-18H2,1-2H3/t19?,21-,23?,24?/m0/s1. The van der Waals surface area contributed by atoms with Crippen LogP contribution >= 0.6 is 0 Å². The smallest absolute Gasteiger partial charge is 0.409 e. The molecule has 1 aromatic carbocycles. The summed E-state index contributed by atoms with van der Waals surface area (Å²) >= 11 is 0.